The minimum absolute atomic E-state index is 0.00701. The minimum Gasteiger partial charge on any atom is -0.170 e. The average molecular weight is 260 g/mol. The Morgan fingerprint density at radius 1 is 1.00 bits per heavy atom. The van der Waals surface area contributed by atoms with Gasteiger partial charge in [-0.1, -0.05) is 45.0 Å². The predicted molar refractivity (Wildman–Crippen MR) is 68.7 cm³/mol. The normalized spacial score (nSPS) is 16.2. The number of hydrogen-bond acceptors (Lipinski definition) is 0. The van der Waals surface area contributed by atoms with Crippen molar-refractivity contribution in [2.24, 2.45) is 5.41 Å². The van der Waals surface area contributed by atoms with Crippen LogP contribution in [-0.4, -0.2) is 6.18 Å². The van der Waals surface area contributed by atoms with E-state index in [4.69, 9.17) is 2.74 Å². The Hall–Kier alpha value is -0.990. The molecular formula is C15H21F3. The molecule has 0 atom stereocenters. The highest BCUT2D eigenvalue weighted by atomic mass is 19.4. The fourth-order valence-electron chi connectivity index (χ4n) is 1.69. The molecule has 1 aromatic carbocycles. The molecule has 0 N–H and O–H groups in total. The van der Waals surface area contributed by atoms with Crippen LogP contribution < -0.4 is 0 Å². The first-order valence-electron chi connectivity index (χ1n) is 6.89. The third kappa shape index (κ3) is 3.27. The van der Waals surface area contributed by atoms with Crippen LogP contribution in [0.2, 0.25) is 0 Å². The first kappa shape index (κ1) is 12.1. The van der Waals surface area contributed by atoms with Crippen LogP contribution >= 0.6 is 0 Å². The van der Waals surface area contributed by atoms with Crippen LogP contribution in [0.5, 0.6) is 0 Å². The first-order chi connectivity index (χ1) is 8.73. The van der Waals surface area contributed by atoms with Crippen molar-refractivity contribution in [1.82, 2.24) is 0 Å². The van der Waals surface area contributed by atoms with Gasteiger partial charge in [-0.2, -0.15) is 13.2 Å². The lowest BCUT2D eigenvalue weighted by atomic mass is 9.77. The summed E-state index contributed by atoms with van der Waals surface area (Å²) in [6.07, 6.45) is -6.29. The summed E-state index contributed by atoms with van der Waals surface area (Å²) in [5.41, 5.74) is -2.80. The van der Waals surface area contributed by atoms with Crippen LogP contribution in [0.4, 0.5) is 13.2 Å². The van der Waals surface area contributed by atoms with Crippen molar-refractivity contribution in [3.63, 3.8) is 0 Å². The summed E-state index contributed by atoms with van der Waals surface area (Å²) in [6.45, 7) is 7.23. The monoisotopic (exact) mass is 260 g/mol. The number of benzene rings is 1. The molecule has 0 fully saturated rings. The maximum atomic E-state index is 13.3. The molecule has 0 radical (unpaired) electrons. The molecule has 0 bridgehead atoms. The zero-order chi connectivity index (χ0) is 16.0. The zero-order valence-electron chi connectivity index (χ0n) is 13.4. The smallest absolute Gasteiger partial charge is 0.170 e. The molecule has 0 nitrogen and oxygen atoms in total. The van der Waals surface area contributed by atoms with E-state index in [0.717, 1.165) is 13.8 Å². The Balaban J connectivity index is 3.55. The lowest BCUT2D eigenvalue weighted by Gasteiger charge is -2.32. The van der Waals surface area contributed by atoms with Gasteiger partial charge in [-0.15, -0.1) is 0 Å². The molecule has 0 amide bonds. The standard InChI is InChI=1S/C15H21F3/c1-13(2,3)10-11-8-6-7-9-12(11)14(4,5)15(16,17)18/h6-9H,10H2,1-5H3/i10D2. The molecule has 0 saturated carbocycles. The Morgan fingerprint density at radius 3 is 1.94 bits per heavy atom. The van der Waals surface area contributed by atoms with Crippen molar-refractivity contribution < 1.29 is 15.9 Å². The molecule has 0 aliphatic carbocycles. The second-order valence-electron chi connectivity index (χ2n) is 6.04. The molecule has 0 aliphatic heterocycles. The Morgan fingerprint density at radius 2 is 1.50 bits per heavy atom. The maximum Gasteiger partial charge on any atom is 0.397 e. The topological polar surface area (TPSA) is 0 Å². The summed E-state index contributed by atoms with van der Waals surface area (Å²) in [4.78, 5) is 0. The Bertz CT molecular complexity index is 438. The van der Waals surface area contributed by atoms with E-state index in [1.807, 2.05) is 0 Å². The molecule has 1 aromatic rings. The van der Waals surface area contributed by atoms with Gasteiger partial charge in [0, 0.05) is 2.74 Å². The summed E-state index contributed by atoms with van der Waals surface area (Å²) >= 11 is 0. The third-order valence-electron chi connectivity index (χ3n) is 2.82. The third-order valence-corrected chi connectivity index (χ3v) is 2.82. The van der Waals surface area contributed by atoms with Gasteiger partial charge in [0.05, 0.1) is 5.41 Å². The minimum atomic E-state index is -4.43. The van der Waals surface area contributed by atoms with Crippen molar-refractivity contribution in [2.45, 2.75) is 52.6 Å². The van der Waals surface area contributed by atoms with Crippen LogP contribution in [0, 0.1) is 5.41 Å². The van der Waals surface area contributed by atoms with E-state index in [-0.39, 0.29) is 11.1 Å². The summed E-state index contributed by atoms with van der Waals surface area (Å²) in [5, 5.41) is 0. The van der Waals surface area contributed by atoms with E-state index in [2.05, 4.69) is 0 Å². The second-order valence-corrected chi connectivity index (χ2v) is 6.04. The molecule has 0 saturated heterocycles. The van der Waals surface area contributed by atoms with E-state index < -0.39 is 23.4 Å². The summed E-state index contributed by atoms with van der Waals surface area (Å²) in [7, 11) is 0. The van der Waals surface area contributed by atoms with Crippen molar-refractivity contribution in [1.29, 1.82) is 0 Å². The molecule has 18 heavy (non-hydrogen) atoms. The lowest BCUT2D eigenvalue weighted by molar-refractivity contribution is -0.180. The van der Waals surface area contributed by atoms with Crippen LogP contribution in [0.1, 0.15) is 48.5 Å². The highest BCUT2D eigenvalue weighted by molar-refractivity contribution is 5.35. The van der Waals surface area contributed by atoms with Crippen LogP contribution in [0.15, 0.2) is 24.3 Å². The van der Waals surface area contributed by atoms with Crippen LogP contribution in [-0.2, 0) is 11.8 Å². The molecule has 3 heteroatoms. The molecule has 0 unspecified atom stereocenters. The highest BCUT2D eigenvalue weighted by Crippen LogP contribution is 2.42. The lowest BCUT2D eigenvalue weighted by Crippen LogP contribution is -2.37. The van der Waals surface area contributed by atoms with Gasteiger partial charge in [0.25, 0.3) is 0 Å². The molecule has 0 aliphatic rings. The summed E-state index contributed by atoms with van der Waals surface area (Å²) < 4.78 is 56.3. The summed E-state index contributed by atoms with van der Waals surface area (Å²) in [6, 6.07) is 5.92. The maximum absolute atomic E-state index is 13.3. The van der Waals surface area contributed by atoms with Crippen molar-refractivity contribution in [3.05, 3.63) is 35.4 Å². The van der Waals surface area contributed by atoms with E-state index >= 15 is 0 Å². The molecule has 102 valence electrons. The SMILES string of the molecule is [2H]C([2H])(c1ccccc1C(C)(C)C(F)(F)F)C(C)(C)C. The number of hydrogen-bond donors (Lipinski definition) is 0. The molecular weight excluding hydrogens is 237 g/mol. The average Bonchev–Trinajstić information content (AvgIpc) is 2.26. The van der Waals surface area contributed by atoms with E-state index in [0.29, 0.717) is 0 Å². The van der Waals surface area contributed by atoms with Crippen LogP contribution in [0.25, 0.3) is 0 Å². The first-order valence-corrected chi connectivity index (χ1v) is 5.89. The molecule has 1 rings (SSSR count). The number of rotatable bonds is 2. The van der Waals surface area contributed by atoms with E-state index in [9.17, 15) is 13.2 Å². The van der Waals surface area contributed by atoms with Crippen molar-refractivity contribution in [3.8, 4) is 0 Å². The van der Waals surface area contributed by atoms with Crippen LogP contribution in [0.3, 0.4) is 0 Å². The van der Waals surface area contributed by atoms with Gasteiger partial charge >= 0.3 is 6.18 Å². The van der Waals surface area contributed by atoms with Gasteiger partial charge < -0.3 is 0 Å². The molecule has 0 spiro atoms. The Labute approximate surface area is 110 Å². The van der Waals surface area contributed by atoms with E-state index in [1.165, 1.54) is 18.2 Å². The molecule has 0 heterocycles. The van der Waals surface area contributed by atoms with Crippen molar-refractivity contribution in [2.75, 3.05) is 0 Å². The van der Waals surface area contributed by atoms with Gasteiger partial charge in [0.15, 0.2) is 0 Å². The Kier molecular flexibility index (Phi) is 3.08. The highest BCUT2D eigenvalue weighted by Gasteiger charge is 2.49. The second kappa shape index (κ2) is 4.60. The zero-order valence-corrected chi connectivity index (χ0v) is 11.4. The van der Waals surface area contributed by atoms with Gasteiger partial charge in [-0.05, 0) is 36.8 Å². The van der Waals surface area contributed by atoms with Crippen molar-refractivity contribution >= 4 is 0 Å². The largest absolute Gasteiger partial charge is 0.397 e. The predicted octanol–water partition coefficient (Wildman–Crippen LogP) is 5.12. The fourth-order valence-corrected chi connectivity index (χ4v) is 1.69. The number of alkyl halides is 3. The van der Waals surface area contributed by atoms with Gasteiger partial charge in [0.2, 0.25) is 0 Å². The fraction of sp³-hybridized carbons (Fsp3) is 0.600. The summed E-state index contributed by atoms with van der Waals surface area (Å²) in [5.74, 6) is 0. The molecule has 0 aromatic heterocycles. The van der Waals surface area contributed by atoms with Gasteiger partial charge in [-0.25, -0.2) is 0 Å². The van der Waals surface area contributed by atoms with Gasteiger partial charge in [-0.3, -0.25) is 0 Å². The quantitative estimate of drug-likeness (QED) is 0.692. The van der Waals surface area contributed by atoms with E-state index in [1.54, 1.807) is 26.8 Å². The van der Waals surface area contributed by atoms with Gasteiger partial charge in [0.1, 0.15) is 0 Å². The number of halogens is 3.